The van der Waals surface area contributed by atoms with Crippen LogP contribution in [0.4, 0.5) is 0 Å². The lowest BCUT2D eigenvalue weighted by Gasteiger charge is -2.24. The van der Waals surface area contributed by atoms with Gasteiger partial charge in [0.1, 0.15) is 0 Å². The van der Waals surface area contributed by atoms with Crippen LogP contribution in [0.25, 0.3) is 10.9 Å². The zero-order chi connectivity index (χ0) is 14.8. The number of amides is 1. The molecular formula is C17H23N3O. The lowest BCUT2D eigenvalue weighted by Crippen LogP contribution is -2.45. The SMILES string of the molecule is CCN(CC1CC1)C(=O)[C@H](N)Cc1c[nH]c2ccccc12. The largest absolute Gasteiger partial charge is 0.361 e. The number of likely N-dealkylation sites (N-methyl/N-ethyl adjacent to an activating group) is 1. The number of nitrogens with zero attached hydrogens (tertiary/aromatic N) is 1. The van der Waals surface area contributed by atoms with Crippen molar-refractivity contribution in [2.45, 2.75) is 32.2 Å². The number of hydrogen-bond donors (Lipinski definition) is 2. The summed E-state index contributed by atoms with van der Waals surface area (Å²) in [6.45, 7) is 3.65. The van der Waals surface area contributed by atoms with E-state index >= 15 is 0 Å². The number of hydrogen-bond acceptors (Lipinski definition) is 2. The highest BCUT2D eigenvalue weighted by molar-refractivity contribution is 5.86. The second-order valence-corrected chi connectivity index (χ2v) is 5.99. The van der Waals surface area contributed by atoms with Crippen LogP contribution in [0, 0.1) is 5.92 Å². The van der Waals surface area contributed by atoms with Crippen LogP contribution in [-0.4, -0.2) is 34.9 Å². The van der Waals surface area contributed by atoms with Crippen LogP contribution in [0.15, 0.2) is 30.5 Å². The Kier molecular flexibility index (Phi) is 3.97. The highest BCUT2D eigenvalue weighted by atomic mass is 16.2. The molecule has 3 rings (SSSR count). The fourth-order valence-corrected chi connectivity index (χ4v) is 2.85. The molecule has 1 heterocycles. The van der Waals surface area contributed by atoms with E-state index in [1.54, 1.807) is 0 Å². The lowest BCUT2D eigenvalue weighted by molar-refractivity contribution is -0.132. The van der Waals surface area contributed by atoms with E-state index in [2.05, 4.69) is 11.1 Å². The number of nitrogens with two attached hydrogens (primary N) is 1. The van der Waals surface area contributed by atoms with E-state index in [1.807, 2.05) is 36.2 Å². The van der Waals surface area contributed by atoms with E-state index in [9.17, 15) is 4.79 Å². The Bertz CT molecular complexity index is 630. The number of carbonyl (C=O) groups excluding carboxylic acids is 1. The van der Waals surface area contributed by atoms with Crippen molar-refractivity contribution in [2.75, 3.05) is 13.1 Å². The van der Waals surface area contributed by atoms with Gasteiger partial charge in [0.2, 0.25) is 5.91 Å². The maximum Gasteiger partial charge on any atom is 0.239 e. The van der Waals surface area contributed by atoms with E-state index in [0.29, 0.717) is 12.3 Å². The molecular weight excluding hydrogens is 262 g/mol. The number of aromatic nitrogens is 1. The van der Waals surface area contributed by atoms with Crippen LogP contribution in [0.3, 0.4) is 0 Å². The summed E-state index contributed by atoms with van der Waals surface area (Å²) >= 11 is 0. The van der Waals surface area contributed by atoms with Gasteiger partial charge in [-0.15, -0.1) is 0 Å². The fraction of sp³-hybridized carbons (Fsp3) is 0.471. The van der Waals surface area contributed by atoms with Crippen molar-refractivity contribution in [3.05, 3.63) is 36.0 Å². The van der Waals surface area contributed by atoms with Crippen molar-refractivity contribution >= 4 is 16.8 Å². The fourth-order valence-electron chi connectivity index (χ4n) is 2.85. The predicted molar refractivity (Wildman–Crippen MR) is 85.0 cm³/mol. The number of aromatic amines is 1. The van der Waals surface area contributed by atoms with Crippen molar-refractivity contribution in [3.8, 4) is 0 Å². The molecule has 0 spiro atoms. The van der Waals surface area contributed by atoms with Crippen molar-refractivity contribution in [1.29, 1.82) is 0 Å². The molecule has 1 aliphatic rings. The van der Waals surface area contributed by atoms with Gasteiger partial charge in [-0.2, -0.15) is 0 Å². The Labute approximate surface area is 125 Å². The molecule has 0 bridgehead atoms. The minimum absolute atomic E-state index is 0.0784. The summed E-state index contributed by atoms with van der Waals surface area (Å²) in [5.74, 6) is 0.781. The first-order valence-corrected chi connectivity index (χ1v) is 7.78. The van der Waals surface area contributed by atoms with E-state index in [-0.39, 0.29) is 5.91 Å². The third-order valence-electron chi connectivity index (χ3n) is 4.30. The highest BCUT2D eigenvalue weighted by Crippen LogP contribution is 2.30. The van der Waals surface area contributed by atoms with Gasteiger partial charge in [0.25, 0.3) is 0 Å². The number of para-hydroxylation sites is 1. The van der Waals surface area contributed by atoms with Crippen LogP contribution in [-0.2, 0) is 11.2 Å². The summed E-state index contributed by atoms with van der Waals surface area (Å²) < 4.78 is 0. The van der Waals surface area contributed by atoms with Crippen molar-refractivity contribution in [3.63, 3.8) is 0 Å². The first kappa shape index (κ1) is 14.1. The summed E-state index contributed by atoms with van der Waals surface area (Å²) in [5, 5.41) is 1.16. The molecule has 1 aromatic heterocycles. The van der Waals surface area contributed by atoms with Crippen molar-refractivity contribution < 1.29 is 4.79 Å². The number of benzene rings is 1. The molecule has 4 nitrogen and oxygen atoms in total. The summed E-state index contributed by atoms with van der Waals surface area (Å²) in [6.07, 6.45) is 5.06. The monoisotopic (exact) mass is 285 g/mol. The second-order valence-electron chi connectivity index (χ2n) is 5.99. The smallest absolute Gasteiger partial charge is 0.239 e. The summed E-state index contributed by atoms with van der Waals surface area (Å²) in [7, 11) is 0. The number of H-pyrrole nitrogens is 1. The zero-order valence-corrected chi connectivity index (χ0v) is 12.5. The standard InChI is InChI=1S/C17H23N3O/c1-2-20(11-12-7-8-12)17(21)15(18)9-13-10-19-16-6-4-3-5-14(13)16/h3-6,10,12,15,19H,2,7-9,11,18H2,1H3/t15-/m1/s1. The maximum absolute atomic E-state index is 12.5. The molecule has 4 heteroatoms. The van der Waals surface area contributed by atoms with E-state index < -0.39 is 6.04 Å². The Morgan fingerprint density at radius 1 is 1.43 bits per heavy atom. The molecule has 1 aromatic carbocycles. The minimum atomic E-state index is -0.456. The average Bonchev–Trinajstić information content (AvgIpc) is 3.24. The number of nitrogens with one attached hydrogen (secondary N) is 1. The third kappa shape index (κ3) is 3.10. The van der Waals surface area contributed by atoms with E-state index in [4.69, 9.17) is 5.73 Å². The average molecular weight is 285 g/mol. The number of rotatable bonds is 6. The summed E-state index contributed by atoms with van der Waals surface area (Å²) in [5.41, 5.74) is 8.38. The topological polar surface area (TPSA) is 62.1 Å². The summed E-state index contributed by atoms with van der Waals surface area (Å²) in [4.78, 5) is 17.6. The Morgan fingerprint density at radius 2 is 2.19 bits per heavy atom. The Balaban J connectivity index is 1.69. The second kappa shape index (κ2) is 5.90. The van der Waals surface area contributed by atoms with Gasteiger partial charge in [0.15, 0.2) is 0 Å². The molecule has 2 aromatic rings. The highest BCUT2D eigenvalue weighted by Gasteiger charge is 2.28. The number of fused-ring (bicyclic) bond motifs is 1. The quantitative estimate of drug-likeness (QED) is 0.855. The van der Waals surface area contributed by atoms with Crippen LogP contribution in [0.1, 0.15) is 25.3 Å². The van der Waals surface area contributed by atoms with Gasteiger partial charge < -0.3 is 15.6 Å². The van der Waals surface area contributed by atoms with Crippen molar-refractivity contribution in [2.24, 2.45) is 11.7 Å². The third-order valence-corrected chi connectivity index (χ3v) is 4.30. The van der Waals surface area contributed by atoms with Gasteiger partial charge >= 0.3 is 0 Å². The molecule has 0 saturated heterocycles. The van der Waals surface area contributed by atoms with Gasteiger partial charge in [-0.05, 0) is 43.7 Å². The van der Waals surface area contributed by atoms with Gasteiger partial charge in [-0.25, -0.2) is 0 Å². The first-order chi connectivity index (χ1) is 10.2. The zero-order valence-electron chi connectivity index (χ0n) is 12.5. The first-order valence-electron chi connectivity index (χ1n) is 7.78. The molecule has 1 saturated carbocycles. The van der Waals surface area contributed by atoms with Gasteiger partial charge in [-0.1, -0.05) is 18.2 Å². The molecule has 112 valence electrons. The Morgan fingerprint density at radius 3 is 2.90 bits per heavy atom. The lowest BCUT2D eigenvalue weighted by atomic mass is 10.0. The van der Waals surface area contributed by atoms with Crippen LogP contribution < -0.4 is 5.73 Å². The van der Waals surface area contributed by atoms with Crippen LogP contribution in [0.5, 0.6) is 0 Å². The number of carbonyl (C=O) groups is 1. The summed E-state index contributed by atoms with van der Waals surface area (Å²) in [6, 6.07) is 7.67. The van der Waals surface area contributed by atoms with Crippen LogP contribution in [0.2, 0.25) is 0 Å². The van der Waals surface area contributed by atoms with Gasteiger partial charge in [-0.3, -0.25) is 4.79 Å². The van der Waals surface area contributed by atoms with Crippen LogP contribution >= 0.6 is 0 Å². The predicted octanol–water partition coefficient (Wildman–Crippen LogP) is 2.30. The normalized spacial score (nSPS) is 16.1. The van der Waals surface area contributed by atoms with Crippen molar-refractivity contribution in [1.82, 2.24) is 9.88 Å². The molecule has 1 aliphatic carbocycles. The van der Waals surface area contributed by atoms with E-state index in [1.165, 1.54) is 12.8 Å². The maximum atomic E-state index is 12.5. The minimum Gasteiger partial charge on any atom is -0.361 e. The van der Waals surface area contributed by atoms with Gasteiger partial charge in [0, 0.05) is 30.2 Å². The molecule has 0 aliphatic heterocycles. The van der Waals surface area contributed by atoms with E-state index in [0.717, 1.165) is 29.6 Å². The molecule has 21 heavy (non-hydrogen) atoms. The molecule has 3 N–H and O–H groups in total. The molecule has 1 fully saturated rings. The van der Waals surface area contributed by atoms with Gasteiger partial charge in [0.05, 0.1) is 6.04 Å². The molecule has 1 atom stereocenters. The molecule has 0 radical (unpaired) electrons. The Hall–Kier alpha value is -1.81. The molecule has 1 amide bonds. The molecule has 0 unspecified atom stereocenters.